The lowest BCUT2D eigenvalue weighted by atomic mass is 9.53. The molecule has 0 spiro atoms. The summed E-state index contributed by atoms with van der Waals surface area (Å²) < 4.78 is 11.3. The Balaban J connectivity index is 1.26. The molecule has 0 atom stereocenters. The highest BCUT2D eigenvalue weighted by molar-refractivity contribution is 5.96. The first-order chi connectivity index (χ1) is 19.2. The second-order valence-electron chi connectivity index (χ2n) is 13.7. The summed E-state index contributed by atoms with van der Waals surface area (Å²) in [6, 6.07) is 17.2. The molecular formula is C34H43N3O3. The highest BCUT2D eigenvalue weighted by Gasteiger charge is 2.52. The molecular weight excluding hydrogens is 498 g/mol. The van der Waals surface area contributed by atoms with Crippen molar-refractivity contribution in [3.05, 3.63) is 65.8 Å². The number of carbonyl (C=O) groups is 1. The monoisotopic (exact) mass is 541 g/mol. The fourth-order valence-electron chi connectivity index (χ4n) is 6.98. The zero-order valence-corrected chi connectivity index (χ0v) is 24.5. The average Bonchev–Trinajstić information content (AvgIpc) is 3.50. The molecule has 3 saturated carbocycles. The third-order valence-electron chi connectivity index (χ3n) is 9.82. The molecule has 6 nitrogen and oxygen atoms in total. The minimum Gasteiger partial charge on any atom is -0.381 e. The number of rotatable bonds is 6. The van der Waals surface area contributed by atoms with Gasteiger partial charge in [-0.15, -0.1) is 0 Å². The zero-order valence-electron chi connectivity index (χ0n) is 24.5. The third kappa shape index (κ3) is 5.23. The third-order valence-corrected chi connectivity index (χ3v) is 9.82. The smallest absolute Gasteiger partial charge is 0.232 e. The van der Waals surface area contributed by atoms with E-state index < -0.39 is 0 Å². The number of hydrogen-bond donors (Lipinski definition) is 0. The second-order valence-corrected chi connectivity index (χ2v) is 13.7. The number of anilines is 1. The van der Waals surface area contributed by atoms with Crippen LogP contribution in [0.3, 0.4) is 0 Å². The van der Waals surface area contributed by atoms with Gasteiger partial charge in [0.05, 0.1) is 0 Å². The van der Waals surface area contributed by atoms with Gasteiger partial charge < -0.3 is 14.2 Å². The van der Waals surface area contributed by atoms with Gasteiger partial charge in [-0.1, -0.05) is 67.9 Å². The fourth-order valence-corrected chi connectivity index (χ4v) is 6.98. The van der Waals surface area contributed by atoms with Crippen molar-refractivity contribution in [2.24, 2.45) is 11.3 Å². The molecule has 40 heavy (non-hydrogen) atoms. The number of ether oxygens (including phenoxy) is 1. The number of aromatic nitrogens is 2. The van der Waals surface area contributed by atoms with Crippen LogP contribution < -0.4 is 4.90 Å². The van der Waals surface area contributed by atoms with Gasteiger partial charge in [0.15, 0.2) is 5.82 Å². The summed E-state index contributed by atoms with van der Waals surface area (Å²) >= 11 is 0. The van der Waals surface area contributed by atoms with Gasteiger partial charge in [-0.2, -0.15) is 4.98 Å². The Hall–Kier alpha value is -2.99. The van der Waals surface area contributed by atoms with E-state index >= 15 is 0 Å². The highest BCUT2D eigenvalue weighted by atomic mass is 16.5. The van der Waals surface area contributed by atoms with E-state index in [2.05, 4.69) is 86.3 Å². The van der Waals surface area contributed by atoms with E-state index in [1.165, 1.54) is 11.1 Å². The molecule has 2 bridgehead atoms. The van der Waals surface area contributed by atoms with Crippen molar-refractivity contribution in [1.82, 2.24) is 10.1 Å². The van der Waals surface area contributed by atoms with Crippen LogP contribution >= 0.6 is 0 Å². The topological polar surface area (TPSA) is 68.5 Å². The van der Waals surface area contributed by atoms with Gasteiger partial charge in [-0.25, -0.2) is 0 Å². The Morgan fingerprint density at radius 3 is 2.25 bits per heavy atom. The predicted molar refractivity (Wildman–Crippen MR) is 157 cm³/mol. The van der Waals surface area contributed by atoms with Crippen LogP contribution in [0.15, 0.2) is 53.1 Å². The first kappa shape index (κ1) is 27.2. The SMILES string of the molecule is Cc1ccc(-c2cccc(N(CC34CCC(c5noc(C(C)(C)C)n5)(CC3)CC4)C(=O)C3CCOCC3)c2)cc1. The van der Waals surface area contributed by atoms with Gasteiger partial charge >= 0.3 is 0 Å². The van der Waals surface area contributed by atoms with Gasteiger partial charge in [0, 0.05) is 42.2 Å². The summed E-state index contributed by atoms with van der Waals surface area (Å²) in [6.07, 6.45) is 8.02. The summed E-state index contributed by atoms with van der Waals surface area (Å²) in [5, 5.41) is 4.48. The molecule has 0 unspecified atom stereocenters. The Bertz CT molecular complexity index is 1320. The van der Waals surface area contributed by atoms with Crippen LogP contribution in [-0.4, -0.2) is 35.8 Å². The van der Waals surface area contributed by atoms with E-state index in [1.54, 1.807) is 0 Å². The normalized spacial score (nSPS) is 25.2. The van der Waals surface area contributed by atoms with Crippen LogP contribution in [0.2, 0.25) is 0 Å². The summed E-state index contributed by atoms with van der Waals surface area (Å²) in [4.78, 5) is 21.2. The lowest BCUT2D eigenvalue weighted by Crippen LogP contribution is -2.52. The van der Waals surface area contributed by atoms with Crippen LogP contribution in [-0.2, 0) is 20.4 Å². The summed E-state index contributed by atoms with van der Waals surface area (Å²) in [5.74, 6) is 1.90. The maximum absolute atomic E-state index is 14.2. The van der Waals surface area contributed by atoms with E-state index in [0.29, 0.717) is 13.2 Å². The van der Waals surface area contributed by atoms with Crippen molar-refractivity contribution >= 4 is 11.6 Å². The number of amides is 1. The van der Waals surface area contributed by atoms with Crippen molar-refractivity contribution in [3.63, 3.8) is 0 Å². The average molecular weight is 542 g/mol. The first-order valence-electron chi connectivity index (χ1n) is 15.1. The van der Waals surface area contributed by atoms with E-state index in [9.17, 15) is 4.79 Å². The van der Waals surface area contributed by atoms with Crippen molar-refractivity contribution in [2.45, 2.75) is 89.9 Å². The van der Waals surface area contributed by atoms with E-state index in [1.807, 2.05) is 0 Å². The van der Waals surface area contributed by atoms with Crippen molar-refractivity contribution in [2.75, 3.05) is 24.7 Å². The molecule has 1 saturated heterocycles. The molecule has 212 valence electrons. The van der Waals surface area contributed by atoms with Crippen LogP contribution in [0.1, 0.15) is 89.4 Å². The molecule has 3 aliphatic carbocycles. The lowest BCUT2D eigenvalue weighted by molar-refractivity contribution is -0.126. The number of aryl methyl sites for hydroxylation is 1. The molecule has 2 heterocycles. The van der Waals surface area contributed by atoms with Crippen molar-refractivity contribution < 1.29 is 14.1 Å². The predicted octanol–water partition coefficient (Wildman–Crippen LogP) is 7.39. The number of hydrogen-bond acceptors (Lipinski definition) is 5. The molecule has 2 aromatic carbocycles. The molecule has 0 radical (unpaired) electrons. The maximum atomic E-state index is 14.2. The standard InChI is InChI=1S/C34H43N3O3/c1-24-8-10-25(11-9-24)27-6-5-7-28(22-27)37(29(38)26-12-20-39-21-13-26)23-33-14-17-34(18-15-33,19-16-33)30-35-31(40-36-30)32(2,3)4/h5-11,22,26H,12-21,23H2,1-4H3. The fraction of sp³-hybridized carbons (Fsp3) is 0.559. The summed E-state index contributed by atoms with van der Waals surface area (Å²) in [5.41, 5.74) is 4.58. The Labute approximate surface area is 238 Å². The van der Waals surface area contributed by atoms with Gasteiger partial charge in [-0.3, -0.25) is 4.79 Å². The second kappa shape index (κ2) is 10.4. The number of fused-ring (bicyclic) bond motifs is 3. The van der Waals surface area contributed by atoms with Crippen LogP contribution in [0.25, 0.3) is 11.1 Å². The molecule has 3 aromatic rings. The number of nitrogens with zero attached hydrogens (tertiary/aromatic N) is 3. The molecule has 6 heteroatoms. The Morgan fingerprint density at radius 1 is 0.950 bits per heavy atom. The Morgan fingerprint density at radius 2 is 1.62 bits per heavy atom. The van der Waals surface area contributed by atoms with Gasteiger partial charge in [-0.05, 0) is 87.0 Å². The molecule has 4 fully saturated rings. The van der Waals surface area contributed by atoms with Crippen LogP contribution in [0, 0.1) is 18.3 Å². The molecule has 1 aromatic heterocycles. The lowest BCUT2D eigenvalue weighted by Gasteiger charge is -2.53. The minimum absolute atomic E-state index is 0.00958. The molecule has 4 aliphatic rings. The van der Waals surface area contributed by atoms with Crippen molar-refractivity contribution in [1.29, 1.82) is 0 Å². The first-order valence-corrected chi connectivity index (χ1v) is 15.1. The van der Waals surface area contributed by atoms with Gasteiger partial charge in [0.2, 0.25) is 11.8 Å². The van der Waals surface area contributed by atoms with E-state index in [4.69, 9.17) is 14.2 Å². The van der Waals surface area contributed by atoms with Gasteiger partial charge in [0.1, 0.15) is 0 Å². The number of benzene rings is 2. The molecule has 1 aliphatic heterocycles. The number of carbonyl (C=O) groups excluding carboxylic acids is 1. The maximum Gasteiger partial charge on any atom is 0.232 e. The van der Waals surface area contributed by atoms with E-state index in [-0.39, 0.29) is 28.1 Å². The largest absolute Gasteiger partial charge is 0.381 e. The van der Waals surface area contributed by atoms with E-state index in [0.717, 1.165) is 80.9 Å². The highest BCUT2D eigenvalue weighted by Crippen LogP contribution is 2.57. The molecule has 1 amide bonds. The summed E-state index contributed by atoms with van der Waals surface area (Å²) in [7, 11) is 0. The van der Waals surface area contributed by atoms with Gasteiger partial charge in [0.25, 0.3) is 0 Å². The van der Waals surface area contributed by atoms with Crippen LogP contribution in [0.5, 0.6) is 0 Å². The van der Waals surface area contributed by atoms with Crippen LogP contribution in [0.4, 0.5) is 5.69 Å². The minimum atomic E-state index is -0.146. The quantitative estimate of drug-likeness (QED) is 0.325. The zero-order chi connectivity index (χ0) is 28.0. The molecule has 7 rings (SSSR count). The molecule has 0 N–H and O–H groups in total. The Kier molecular flexibility index (Phi) is 7.10. The summed E-state index contributed by atoms with van der Waals surface area (Å²) in [6.45, 7) is 10.6. The van der Waals surface area contributed by atoms with Crippen molar-refractivity contribution in [3.8, 4) is 11.1 Å².